The lowest BCUT2D eigenvalue weighted by atomic mass is 9.49. The quantitative estimate of drug-likeness (QED) is 0.741. The molecule has 0 aromatic heterocycles. The Morgan fingerprint density at radius 1 is 0.968 bits per heavy atom. The molecule has 4 saturated carbocycles. The Hall–Kier alpha value is -1.95. The second-order valence-corrected chi connectivity index (χ2v) is 10.5. The summed E-state index contributed by atoms with van der Waals surface area (Å²) in [5.41, 5.74) is 0.847. The highest BCUT2D eigenvalue weighted by Crippen LogP contribution is 2.60. The summed E-state index contributed by atoms with van der Waals surface area (Å²) in [7, 11) is 0. The van der Waals surface area contributed by atoms with Crippen LogP contribution in [0.4, 0.5) is 4.39 Å². The molecule has 5 aliphatic rings. The maximum atomic E-state index is 13.6. The number of nitrogens with zero attached hydrogens (tertiary/aromatic N) is 2. The highest BCUT2D eigenvalue weighted by atomic mass is 19.1. The first-order valence-electron chi connectivity index (χ1n) is 11.9. The Balaban J connectivity index is 1.25. The number of aliphatic carboxylic acids is 1. The van der Waals surface area contributed by atoms with Crippen LogP contribution >= 0.6 is 0 Å². The largest absolute Gasteiger partial charge is 0.481 e. The predicted octanol–water partition coefficient (Wildman–Crippen LogP) is 4.09. The number of amides is 1. The minimum absolute atomic E-state index is 0.0616. The Morgan fingerprint density at radius 3 is 2.03 bits per heavy atom. The molecule has 4 aliphatic carbocycles. The van der Waals surface area contributed by atoms with Crippen LogP contribution in [0, 0.1) is 29.0 Å². The smallest absolute Gasteiger partial charge is 0.303 e. The first-order chi connectivity index (χ1) is 14.9. The minimum Gasteiger partial charge on any atom is -0.481 e. The summed E-state index contributed by atoms with van der Waals surface area (Å²) in [6.07, 6.45) is 7.85. The number of hydrogen-bond donors (Lipinski definition) is 1. The molecule has 1 amide bonds. The standard InChI is InChI=1S/C25H33FN2O3/c26-21-3-1-20(2-4-21)22(5-6-23(29)30)27-7-9-28(10-8-27)24(31)25-14-17-11-18(15-25)13-19(12-17)16-25/h1-4,17-19,22H,5-16H2,(H,29,30)/t17?,18?,19?,22-,25?/m1/s1. The Bertz CT molecular complexity index is 796. The molecule has 0 unspecified atom stereocenters. The molecule has 6 rings (SSSR count). The highest BCUT2D eigenvalue weighted by Gasteiger charge is 2.55. The second kappa shape index (κ2) is 8.19. The van der Waals surface area contributed by atoms with Crippen molar-refractivity contribution in [3.8, 4) is 0 Å². The number of carboxylic acids is 1. The molecule has 1 heterocycles. The van der Waals surface area contributed by atoms with Crippen molar-refractivity contribution in [1.29, 1.82) is 0 Å². The van der Waals surface area contributed by atoms with Crippen molar-refractivity contribution in [3.63, 3.8) is 0 Å². The molecule has 4 bridgehead atoms. The maximum Gasteiger partial charge on any atom is 0.303 e. The number of rotatable bonds is 6. The SMILES string of the molecule is O=C(O)CC[C@H](c1ccc(F)cc1)N1CCN(C(=O)C23CC4CC(CC(C4)C2)C3)CC1. The van der Waals surface area contributed by atoms with Crippen LogP contribution in [-0.4, -0.2) is 53.0 Å². The van der Waals surface area contributed by atoms with Crippen molar-refractivity contribution in [3.05, 3.63) is 35.6 Å². The molecule has 168 valence electrons. The van der Waals surface area contributed by atoms with E-state index in [-0.39, 0.29) is 23.7 Å². The monoisotopic (exact) mass is 428 g/mol. The number of carbonyl (C=O) groups excluding carboxylic acids is 1. The van der Waals surface area contributed by atoms with Crippen molar-refractivity contribution in [2.45, 2.75) is 57.4 Å². The van der Waals surface area contributed by atoms with Gasteiger partial charge in [0, 0.05) is 38.6 Å². The third-order valence-electron chi connectivity index (χ3n) is 8.42. The van der Waals surface area contributed by atoms with Gasteiger partial charge in [0.05, 0.1) is 5.41 Å². The summed E-state index contributed by atoms with van der Waals surface area (Å²) in [6.45, 7) is 2.87. The lowest BCUT2D eigenvalue weighted by molar-refractivity contribution is -0.159. The van der Waals surface area contributed by atoms with Crippen molar-refractivity contribution < 1.29 is 19.1 Å². The average Bonchev–Trinajstić information content (AvgIpc) is 2.74. The van der Waals surface area contributed by atoms with E-state index in [1.807, 2.05) is 0 Å². The molecular weight excluding hydrogens is 395 g/mol. The van der Waals surface area contributed by atoms with Gasteiger partial charge in [0.15, 0.2) is 0 Å². The van der Waals surface area contributed by atoms with Gasteiger partial charge >= 0.3 is 5.97 Å². The van der Waals surface area contributed by atoms with E-state index in [0.29, 0.717) is 25.4 Å². The van der Waals surface area contributed by atoms with E-state index in [1.54, 1.807) is 12.1 Å². The lowest BCUT2D eigenvalue weighted by Crippen LogP contribution is -2.58. The van der Waals surface area contributed by atoms with Crippen molar-refractivity contribution in [2.75, 3.05) is 26.2 Å². The summed E-state index contributed by atoms with van der Waals surface area (Å²) < 4.78 is 13.4. The summed E-state index contributed by atoms with van der Waals surface area (Å²) >= 11 is 0. The van der Waals surface area contributed by atoms with Gasteiger partial charge in [0.2, 0.25) is 5.91 Å². The summed E-state index contributed by atoms with van der Waals surface area (Å²) in [5, 5.41) is 9.19. The fraction of sp³-hybridized carbons (Fsp3) is 0.680. The molecule has 1 aromatic carbocycles. The van der Waals surface area contributed by atoms with Gasteiger partial charge in [0.1, 0.15) is 5.82 Å². The van der Waals surface area contributed by atoms with E-state index in [1.165, 1.54) is 31.4 Å². The van der Waals surface area contributed by atoms with Crippen LogP contribution < -0.4 is 0 Å². The zero-order chi connectivity index (χ0) is 21.6. The van der Waals surface area contributed by atoms with Gasteiger partial charge in [-0.25, -0.2) is 4.39 Å². The summed E-state index contributed by atoms with van der Waals surface area (Å²) in [5.74, 6) is 1.56. The van der Waals surface area contributed by atoms with E-state index in [9.17, 15) is 19.1 Å². The van der Waals surface area contributed by atoms with E-state index in [4.69, 9.17) is 0 Å². The van der Waals surface area contributed by atoms with Gasteiger partial charge < -0.3 is 10.0 Å². The molecule has 1 aliphatic heterocycles. The fourth-order valence-electron chi connectivity index (χ4n) is 7.45. The van der Waals surface area contributed by atoms with Gasteiger partial charge in [-0.2, -0.15) is 0 Å². The normalized spacial score (nSPS) is 33.5. The van der Waals surface area contributed by atoms with E-state index in [2.05, 4.69) is 9.80 Å². The number of benzene rings is 1. The van der Waals surface area contributed by atoms with Gasteiger partial charge in [-0.1, -0.05) is 12.1 Å². The number of carbonyl (C=O) groups is 2. The predicted molar refractivity (Wildman–Crippen MR) is 115 cm³/mol. The number of halogens is 1. The molecule has 0 radical (unpaired) electrons. The van der Waals surface area contributed by atoms with E-state index in [0.717, 1.165) is 55.7 Å². The third kappa shape index (κ3) is 4.11. The Morgan fingerprint density at radius 2 is 1.52 bits per heavy atom. The van der Waals surface area contributed by atoms with Crippen LogP contribution in [0.1, 0.15) is 63.0 Å². The fourth-order valence-corrected chi connectivity index (χ4v) is 7.45. The molecule has 0 spiro atoms. The number of hydrogen-bond acceptors (Lipinski definition) is 3. The van der Waals surface area contributed by atoms with Gasteiger partial charge in [0.25, 0.3) is 0 Å². The first kappa shape index (κ1) is 20.9. The molecule has 31 heavy (non-hydrogen) atoms. The van der Waals surface area contributed by atoms with Crippen LogP contribution in [0.5, 0.6) is 0 Å². The van der Waals surface area contributed by atoms with E-state index >= 15 is 0 Å². The van der Waals surface area contributed by atoms with Crippen molar-refractivity contribution >= 4 is 11.9 Å². The zero-order valence-corrected chi connectivity index (χ0v) is 18.1. The maximum absolute atomic E-state index is 13.6. The Labute approximate surface area is 183 Å². The van der Waals surface area contributed by atoms with Gasteiger partial charge in [-0.05, 0) is 80.4 Å². The number of piperazine rings is 1. The van der Waals surface area contributed by atoms with Crippen LogP contribution in [0.15, 0.2) is 24.3 Å². The van der Waals surface area contributed by atoms with Gasteiger partial charge in [-0.15, -0.1) is 0 Å². The van der Waals surface area contributed by atoms with Crippen LogP contribution in [0.3, 0.4) is 0 Å². The Kier molecular flexibility index (Phi) is 5.53. The number of carboxylic acid groups (broad SMARTS) is 1. The minimum atomic E-state index is -0.817. The van der Waals surface area contributed by atoms with Crippen LogP contribution in [-0.2, 0) is 9.59 Å². The van der Waals surface area contributed by atoms with Gasteiger partial charge in [-0.3, -0.25) is 14.5 Å². The molecule has 5 fully saturated rings. The van der Waals surface area contributed by atoms with Crippen LogP contribution in [0.25, 0.3) is 0 Å². The molecular formula is C25H33FN2O3. The molecule has 1 aromatic rings. The first-order valence-corrected chi connectivity index (χ1v) is 11.9. The molecule has 5 nitrogen and oxygen atoms in total. The highest BCUT2D eigenvalue weighted by molar-refractivity contribution is 5.83. The topological polar surface area (TPSA) is 60.9 Å². The zero-order valence-electron chi connectivity index (χ0n) is 18.1. The molecule has 1 N–H and O–H groups in total. The van der Waals surface area contributed by atoms with Crippen molar-refractivity contribution in [1.82, 2.24) is 9.80 Å². The summed E-state index contributed by atoms with van der Waals surface area (Å²) in [4.78, 5) is 29.2. The molecule has 1 saturated heterocycles. The second-order valence-electron chi connectivity index (χ2n) is 10.5. The third-order valence-corrected chi connectivity index (χ3v) is 8.42. The molecule has 1 atom stereocenters. The average molecular weight is 429 g/mol. The summed E-state index contributed by atoms with van der Waals surface area (Å²) in [6, 6.07) is 6.34. The van der Waals surface area contributed by atoms with Crippen molar-refractivity contribution in [2.24, 2.45) is 23.2 Å². The molecule has 6 heteroatoms. The lowest BCUT2D eigenvalue weighted by Gasteiger charge is -2.57. The van der Waals surface area contributed by atoms with E-state index < -0.39 is 5.97 Å². The van der Waals surface area contributed by atoms with Crippen LogP contribution in [0.2, 0.25) is 0 Å².